The molecule has 7 heteroatoms. The maximum absolute atomic E-state index is 13.2. The molecule has 4 rings (SSSR count). The number of aromatic nitrogens is 2. The zero-order valence-corrected chi connectivity index (χ0v) is 18.6. The molecule has 1 fully saturated rings. The van der Waals surface area contributed by atoms with E-state index in [1.807, 2.05) is 35.4 Å². The Morgan fingerprint density at radius 3 is 2.81 bits per heavy atom. The maximum Gasteiger partial charge on any atom is 0.256 e. The molecule has 0 saturated carbocycles. The van der Waals surface area contributed by atoms with Crippen LogP contribution in [-0.4, -0.2) is 52.5 Å². The van der Waals surface area contributed by atoms with Gasteiger partial charge >= 0.3 is 0 Å². The van der Waals surface area contributed by atoms with Crippen LogP contribution < -0.4 is 16.0 Å². The van der Waals surface area contributed by atoms with Crippen LogP contribution >= 0.6 is 0 Å². The fraction of sp³-hybridized carbons (Fsp3) is 0.417. The smallest absolute Gasteiger partial charge is 0.256 e. The molecule has 0 bridgehead atoms. The van der Waals surface area contributed by atoms with Crippen molar-refractivity contribution in [1.82, 2.24) is 14.9 Å². The van der Waals surface area contributed by atoms with Crippen LogP contribution in [-0.2, 0) is 0 Å². The van der Waals surface area contributed by atoms with Gasteiger partial charge in [-0.15, -0.1) is 0 Å². The zero-order chi connectivity index (χ0) is 22.0. The first-order valence-corrected chi connectivity index (χ1v) is 11.1. The number of H-pyrrole nitrogens is 1. The normalized spacial score (nSPS) is 14.9. The molecule has 0 aliphatic carbocycles. The summed E-state index contributed by atoms with van der Waals surface area (Å²) in [5.41, 5.74) is 9.30. The Labute approximate surface area is 183 Å². The summed E-state index contributed by atoms with van der Waals surface area (Å²) in [4.78, 5) is 25.4. The van der Waals surface area contributed by atoms with Gasteiger partial charge in [0.05, 0.1) is 11.3 Å². The molecule has 0 spiro atoms. The average Bonchev–Trinajstić information content (AvgIpc) is 3.18. The van der Waals surface area contributed by atoms with Crippen LogP contribution in [0.2, 0.25) is 0 Å². The summed E-state index contributed by atoms with van der Waals surface area (Å²) >= 11 is 0. The number of rotatable bonds is 6. The molecule has 0 radical (unpaired) electrons. The number of carbonyl (C=O) groups is 1. The Kier molecular flexibility index (Phi) is 6.02. The number of nitrogens with one attached hydrogen (secondary N) is 2. The summed E-state index contributed by atoms with van der Waals surface area (Å²) in [6.45, 7) is 8.78. The second-order valence-corrected chi connectivity index (χ2v) is 8.49. The lowest BCUT2D eigenvalue weighted by Crippen LogP contribution is -2.47. The monoisotopic (exact) mass is 420 g/mol. The minimum atomic E-state index is 0.0679. The first kappa shape index (κ1) is 21.0. The van der Waals surface area contributed by atoms with Crippen molar-refractivity contribution in [1.29, 1.82) is 0 Å². The lowest BCUT2D eigenvalue weighted by atomic mass is 10.0. The highest BCUT2D eigenvalue weighted by Gasteiger charge is 2.29. The summed E-state index contributed by atoms with van der Waals surface area (Å²) in [6.07, 6.45) is 5.49. The Bertz CT molecular complexity index is 1050. The molecule has 7 nitrogen and oxygen atoms in total. The van der Waals surface area contributed by atoms with E-state index in [1.54, 1.807) is 6.20 Å². The van der Waals surface area contributed by atoms with Gasteiger partial charge in [-0.2, -0.15) is 0 Å². The summed E-state index contributed by atoms with van der Waals surface area (Å²) in [5.74, 6) is 1.06. The van der Waals surface area contributed by atoms with Gasteiger partial charge in [-0.3, -0.25) is 4.79 Å². The number of nitrogens with zero attached hydrogens (tertiary/aromatic N) is 3. The van der Waals surface area contributed by atoms with Crippen LogP contribution in [0.3, 0.4) is 0 Å². The lowest BCUT2D eigenvalue weighted by molar-refractivity contribution is 0.0714. The van der Waals surface area contributed by atoms with Gasteiger partial charge in [0.15, 0.2) is 5.82 Å². The maximum atomic E-state index is 13.2. The van der Waals surface area contributed by atoms with E-state index in [0.29, 0.717) is 23.3 Å². The number of benzene rings is 1. The molecule has 1 amide bonds. The van der Waals surface area contributed by atoms with Gasteiger partial charge in [0, 0.05) is 60.7 Å². The number of hydrogen-bond donors (Lipinski definition) is 3. The van der Waals surface area contributed by atoms with Crippen molar-refractivity contribution in [3.63, 3.8) is 0 Å². The molecular formula is C24H32N6O. The Morgan fingerprint density at radius 2 is 2.10 bits per heavy atom. The van der Waals surface area contributed by atoms with E-state index in [4.69, 9.17) is 5.73 Å². The SMILES string of the molecule is CCN(c1ncccc1NC(C)C)C1CCN(C(=O)c2c[nH]c3ccc(N)cc23)CC1. The predicted octanol–water partition coefficient (Wildman–Crippen LogP) is 4.10. The number of amides is 1. The molecular weight excluding hydrogens is 388 g/mol. The van der Waals surface area contributed by atoms with Crippen molar-refractivity contribution in [2.45, 2.75) is 45.7 Å². The number of aromatic amines is 1. The summed E-state index contributed by atoms with van der Waals surface area (Å²) in [7, 11) is 0. The van der Waals surface area contributed by atoms with Gasteiger partial charge < -0.3 is 25.8 Å². The van der Waals surface area contributed by atoms with Crippen LogP contribution in [0, 0.1) is 0 Å². The number of hydrogen-bond acceptors (Lipinski definition) is 5. The predicted molar refractivity (Wildman–Crippen MR) is 128 cm³/mol. The van der Waals surface area contributed by atoms with E-state index in [-0.39, 0.29) is 5.91 Å². The van der Waals surface area contributed by atoms with Gasteiger partial charge in [-0.25, -0.2) is 4.98 Å². The van der Waals surface area contributed by atoms with Crippen molar-refractivity contribution >= 4 is 34.0 Å². The Morgan fingerprint density at radius 1 is 1.32 bits per heavy atom. The first-order chi connectivity index (χ1) is 15.0. The van der Waals surface area contributed by atoms with Gasteiger partial charge in [-0.1, -0.05) is 0 Å². The van der Waals surface area contributed by atoms with E-state index in [1.165, 1.54) is 0 Å². The fourth-order valence-corrected chi connectivity index (χ4v) is 4.50. The summed E-state index contributed by atoms with van der Waals surface area (Å²) < 4.78 is 0. The molecule has 1 aliphatic rings. The van der Waals surface area contributed by atoms with Crippen molar-refractivity contribution in [3.8, 4) is 0 Å². The minimum Gasteiger partial charge on any atom is -0.399 e. The number of fused-ring (bicyclic) bond motifs is 1. The number of pyridine rings is 1. The number of likely N-dealkylation sites (tertiary alicyclic amines) is 1. The Hall–Kier alpha value is -3.22. The lowest BCUT2D eigenvalue weighted by Gasteiger charge is -2.39. The molecule has 3 aromatic rings. The molecule has 164 valence electrons. The van der Waals surface area contributed by atoms with Gasteiger partial charge in [-0.05, 0) is 63.9 Å². The van der Waals surface area contributed by atoms with Crippen LogP contribution in [0.5, 0.6) is 0 Å². The minimum absolute atomic E-state index is 0.0679. The number of piperidine rings is 1. The topological polar surface area (TPSA) is 90.3 Å². The fourth-order valence-electron chi connectivity index (χ4n) is 4.50. The van der Waals surface area contributed by atoms with Crippen LogP contribution in [0.15, 0.2) is 42.7 Å². The third-order valence-corrected chi connectivity index (χ3v) is 5.97. The molecule has 2 aromatic heterocycles. The second kappa shape index (κ2) is 8.88. The zero-order valence-electron chi connectivity index (χ0n) is 18.6. The highest BCUT2D eigenvalue weighted by molar-refractivity contribution is 6.07. The highest BCUT2D eigenvalue weighted by atomic mass is 16.2. The highest BCUT2D eigenvalue weighted by Crippen LogP contribution is 2.30. The van der Waals surface area contributed by atoms with Gasteiger partial charge in [0.25, 0.3) is 5.91 Å². The molecule has 1 aromatic carbocycles. The second-order valence-electron chi connectivity index (χ2n) is 8.49. The van der Waals surface area contributed by atoms with Crippen molar-refractivity contribution < 1.29 is 4.79 Å². The van der Waals surface area contributed by atoms with Crippen molar-refractivity contribution in [2.24, 2.45) is 0 Å². The number of carbonyl (C=O) groups excluding carboxylic acids is 1. The van der Waals surface area contributed by atoms with Crippen molar-refractivity contribution in [3.05, 3.63) is 48.3 Å². The average molecular weight is 421 g/mol. The molecule has 31 heavy (non-hydrogen) atoms. The molecule has 3 heterocycles. The van der Waals surface area contributed by atoms with Crippen molar-refractivity contribution in [2.75, 3.05) is 35.6 Å². The Balaban J connectivity index is 1.47. The first-order valence-electron chi connectivity index (χ1n) is 11.1. The summed E-state index contributed by atoms with van der Waals surface area (Å²) in [5, 5.41) is 4.40. The van der Waals surface area contributed by atoms with Crippen LogP contribution in [0.25, 0.3) is 10.9 Å². The molecule has 1 aliphatic heterocycles. The molecule has 0 atom stereocenters. The number of nitrogens with two attached hydrogens (primary N) is 1. The van der Waals surface area contributed by atoms with E-state index in [2.05, 4.69) is 47.0 Å². The van der Waals surface area contributed by atoms with Gasteiger partial charge in [0.2, 0.25) is 0 Å². The van der Waals surface area contributed by atoms with E-state index in [9.17, 15) is 4.79 Å². The third-order valence-electron chi connectivity index (χ3n) is 5.97. The van der Waals surface area contributed by atoms with E-state index in [0.717, 1.165) is 54.9 Å². The quantitative estimate of drug-likeness (QED) is 0.523. The number of nitrogen functional groups attached to an aromatic ring is 1. The van der Waals surface area contributed by atoms with Gasteiger partial charge in [0.1, 0.15) is 0 Å². The standard InChI is InChI=1S/C24H32N6O/c1-4-30(23-22(28-16(2)3)6-5-11-26-23)18-9-12-29(13-10-18)24(31)20-15-27-21-8-7-17(25)14-19(20)21/h5-8,11,14-16,18,27-28H,4,9-10,12-13,25H2,1-3H3. The molecule has 1 saturated heterocycles. The molecule has 0 unspecified atom stereocenters. The largest absolute Gasteiger partial charge is 0.399 e. The van der Waals surface area contributed by atoms with E-state index >= 15 is 0 Å². The van der Waals surface area contributed by atoms with Crippen LogP contribution in [0.1, 0.15) is 44.0 Å². The third kappa shape index (κ3) is 4.31. The summed E-state index contributed by atoms with van der Waals surface area (Å²) in [6, 6.07) is 10.4. The molecule has 4 N–H and O–H groups in total. The van der Waals surface area contributed by atoms with Crippen LogP contribution in [0.4, 0.5) is 17.2 Å². The van der Waals surface area contributed by atoms with E-state index < -0.39 is 0 Å². The number of anilines is 3.